The summed E-state index contributed by atoms with van der Waals surface area (Å²) in [6.45, 7) is 4.03. The average Bonchev–Trinajstić information content (AvgIpc) is 3.03. The van der Waals surface area contributed by atoms with Crippen LogP contribution in [0.5, 0.6) is 0 Å². The highest BCUT2D eigenvalue weighted by Gasteiger charge is 2.38. The van der Waals surface area contributed by atoms with E-state index in [1.807, 2.05) is 7.05 Å². The molecule has 1 saturated carbocycles. The molecule has 0 radical (unpaired) electrons. The van der Waals surface area contributed by atoms with Gasteiger partial charge in [-0.15, -0.1) is 29.9 Å². The van der Waals surface area contributed by atoms with E-state index < -0.39 is 0 Å². The Hall–Kier alpha value is -0.560. The predicted molar refractivity (Wildman–Crippen MR) is 101 cm³/mol. The maximum atomic E-state index is 5.63. The highest BCUT2D eigenvalue weighted by atomic mass is 35.5. The first-order valence-corrected chi connectivity index (χ1v) is 8.78. The van der Waals surface area contributed by atoms with Gasteiger partial charge in [0.25, 0.3) is 0 Å². The molecule has 2 aliphatic rings. The fraction of sp³-hybridized carbons (Fsp3) is 0.875. The van der Waals surface area contributed by atoms with Gasteiger partial charge in [0.2, 0.25) is 5.89 Å². The molecule has 24 heavy (non-hydrogen) atoms. The molecule has 0 atom stereocenters. The van der Waals surface area contributed by atoms with Crippen molar-refractivity contribution in [3.05, 3.63) is 5.89 Å². The van der Waals surface area contributed by atoms with Gasteiger partial charge in [0, 0.05) is 12.1 Å². The van der Waals surface area contributed by atoms with E-state index in [9.17, 15) is 0 Å². The van der Waals surface area contributed by atoms with Crippen LogP contribution < -0.4 is 10.6 Å². The number of hydrogen-bond acceptors (Lipinski definition) is 6. The number of aromatic nitrogens is 2. The second-order valence-electron chi connectivity index (χ2n) is 6.72. The standard InChI is InChI=1S/C16H29N5O.2ClH/c1-17-12-14-19-20-15(22-14)18-13-16(8-4-2-5-9-16)21-10-6-3-7-11-21;;/h17H,2-13H2,1H3,(H,18,20);2*1H. The van der Waals surface area contributed by atoms with E-state index in [1.165, 1.54) is 64.5 Å². The Bertz CT molecular complexity index is 459. The van der Waals surface area contributed by atoms with Crippen molar-refractivity contribution in [2.75, 3.05) is 32.0 Å². The SMILES string of the molecule is CNCc1nnc(NCC2(N3CCCCC3)CCCCC2)o1.Cl.Cl. The van der Waals surface area contributed by atoms with Crippen LogP contribution in [0.4, 0.5) is 6.01 Å². The van der Waals surface area contributed by atoms with Crippen molar-refractivity contribution in [2.45, 2.75) is 63.5 Å². The highest BCUT2D eigenvalue weighted by molar-refractivity contribution is 5.85. The van der Waals surface area contributed by atoms with Crippen LogP contribution >= 0.6 is 24.8 Å². The first-order chi connectivity index (χ1) is 10.8. The van der Waals surface area contributed by atoms with Crippen molar-refractivity contribution in [2.24, 2.45) is 0 Å². The van der Waals surface area contributed by atoms with E-state index in [2.05, 4.69) is 25.7 Å². The Kier molecular flexibility index (Phi) is 9.34. The van der Waals surface area contributed by atoms with Crippen LogP contribution in [0.2, 0.25) is 0 Å². The number of nitrogens with zero attached hydrogens (tertiary/aromatic N) is 3. The molecule has 1 aromatic rings. The molecule has 140 valence electrons. The molecule has 1 aromatic heterocycles. The van der Waals surface area contributed by atoms with Gasteiger partial charge in [0.15, 0.2) is 0 Å². The van der Waals surface area contributed by atoms with Gasteiger partial charge in [-0.25, -0.2) is 0 Å². The van der Waals surface area contributed by atoms with Crippen LogP contribution in [-0.2, 0) is 6.54 Å². The van der Waals surface area contributed by atoms with E-state index in [0.717, 1.165) is 6.54 Å². The molecule has 0 amide bonds. The van der Waals surface area contributed by atoms with Crippen molar-refractivity contribution >= 4 is 30.8 Å². The second kappa shape index (κ2) is 10.4. The molecule has 2 heterocycles. The number of anilines is 1. The molecule has 0 bridgehead atoms. The van der Waals surface area contributed by atoms with E-state index >= 15 is 0 Å². The summed E-state index contributed by atoms with van der Waals surface area (Å²) in [6.07, 6.45) is 10.7. The van der Waals surface area contributed by atoms with Crippen LogP contribution in [0.25, 0.3) is 0 Å². The molecule has 2 fully saturated rings. The van der Waals surface area contributed by atoms with Gasteiger partial charge in [-0.3, -0.25) is 4.90 Å². The molecule has 0 spiro atoms. The Morgan fingerprint density at radius 2 is 1.67 bits per heavy atom. The number of nitrogens with one attached hydrogen (secondary N) is 2. The quantitative estimate of drug-likeness (QED) is 0.790. The largest absolute Gasteiger partial charge is 0.407 e. The molecule has 8 heteroatoms. The maximum Gasteiger partial charge on any atom is 0.315 e. The van der Waals surface area contributed by atoms with E-state index in [1.54, 1.807) is 0 Å². The summed E-state index contributed by atoms with van der Waals surface area (Å²) in [7, 11) is 1.88. The van der Waals surface area contributed by atoms with Gasteiger partial charge in [-0.05, 0) is 45.8 Å². The minimum atomic E-state index is 0. The average molecular weight is 380 g/mol. The molecule has 3 rings (SSSR count). The van der Waals surface area contributed by atoms with Crippen molar-refractivity contribution < 1.29 is 4.42 Å². The lowest BCUT2D eigenvalue weighted by Gasteiger charge is -2.48. The minimum absolute atomic E-state index is 0. The van der Waals surface area contributed by atoms with Crippen molar-refractivity contribution in [3.63, 3.8) is 0 Å². The molecule has 6 nitrogen and oxygen atoms in total. The highest BCUT2D eigenvalue weighted by Crippen LogP contribution is 2.35. The van der Waals surface area contributed by atoms with Crippen LogP contribution in [0.15, 0.2) is 4.42 Å². The first-order valence-electron chi connectivity index (χ1n) is 8.78. The Labute approximate surface area is 157 Å². The van der Waals surface area contributed by atoms with Crippen molar-refractivity contribution in [1.29, 1.82) is 0 Å². The Balaban J connectivity index is 0.00000144. The van der Waals surface area contributed by atoms with Crippen LogP contribution in [0, 0.1) is 0 Å². The Morgan fingerprint density at radius 1 is 1.00 bits per heavy atom. The third-order valence-electron chi connectivity index (χ3n) is 5.17. The number of halogens is 2. The number of hydrogen-bond donors (Lipinski definition) is 2. The molecule has 1 aliphatic heterocycles. The van der Waals surface area contributed by atoms with Gasteiger partial charge in [-0.1, -0.05) is 30.8 Å². The topological polar surface area (TPSA) is 66.2 Å². The molecular weight excluding hydrogens is 349 g/mol. The Morgan fingerprint density at radius 3 is 2.33 bits per heavy atom. The fourth-order valence-corrected chi connectivity index (χ4v) is 3.97. The monoisotopic (exact) mass is 379 g/mol. The van der Waals surface area contributed by atoms with Crippen LogP contribution in [0.3, 0.4) is 0 Å². The van der Waals surface area contributed by atoms with E-state index in [0.29, 0.717) is 18.5 Å². The van der Waals surface area contributed by atoms with E-state index in [-0.39, 0.29) is 30.4 Å². The summed E-state index contributed by atoms with van der Waals surface area (Å²) in [5.74, 6) is 0.640. The van der Waals surface area contributed by atoms with Crippen molar-refractivity contribution in [3.8, 4) is 0 Å². The predicted octanol–water partition coefficient (Wildman–Crippen LogP) is 3.23. The molecule has 1 saturated heterocycles. The van der Waals surface area contributed by atoms with Gasteiger partial charge in [0.05, 0.1) is 6.54 Å². The summed E-state index contributed by atoms with van der Waals surface area (Å²) in [6, 6.07) is 0.562. The zero-order valence-electron chi connectivity index (χ0n) is 14.6. The van der Waals surface area contributed by atoms with Crippen LogP contribution in [0.1, 0.15) is 57.3 Å². The molecule has 0 aromatic carbocycles. The smallest absolute Gasteiger partial charge is 0.315 e. The summed E-state index contributed by atoms with van der Waals surface area (Å²) in [5, 5.41) is 14.6. The molecular formula is C16H31Cl2N5O. The number of likely N-dealkylation sites (tertiary alicyclic amines) is 1. The number of rotatable bonds is 6. The number of piperidine rings is 1. The summed E-state index contributed by atoms with van der Waals surface area (Å²) in [5.41, 5.74) is 0.288. The van der Waals surface area contributed by atoms with Gasteiger partial charge < -0.3 is 15.1 Å². The van der Waals surface area contributed by atoms with Gasteiger partial charge in [0.1, 0.15) is 0 Å². The minimum Gasteiger partial charge on any atom is -0.407 e. The van der Waals surface area contributed by atoms with Crippen LogP contribution in [-0.4, -0.2) is 47.3 Å². The normalized spacial score (nSPS) is 20.7. The summed E-state index contributed by atoms with van der Waals surface area (Å²) in [4.78, 5) is 2.73. The molecule has 1 aliphatic carbocycles. The zero-order chi connectivity index (χ0) is 15.3. The summed E-state index contributed by atoms with van der Waals surface area (Å²) < 4.78 is 5.63. The first kappa shape index (κ1) is 21.5. The zero-order valence-corrected chi connectivity index (χ0v) is 16.2. The second-order valence-corrected chi connectivity index (χ2v) is 6.72. The van der Waals surface area contributed by atoms with Crippen molar-refractivity contribution in [1.82, 2.24) is 20.4 Å². The van der Waals surface area contributed by atoms with Gasteiger partial charge >= 0.3 is 6.01 Å². The lowest BCUT2D eigenvalue weighted by molar-refractivity contribution is 0.0433. The van der Waals surface area contributed by atoms with E-state index in [4.69, 9.17) is 4.42 Å². The lowest BCUT2D eigenvalue weighted by Crippen LogP contribution is -2.56. The third kappa shape index (κ3) is 5.22. The van der Waals surface area contributed by atoms with Gasteiger partial charge in [-0.2, -0.15) is 0 Å². The third-order valence-corrected chi connectivity index (χ3v) is 5.17. The molecule has 0 unspecified atom stereocenters. The lowest BCUT2D eigenvalue weighted by atomic mass is 9.79. The summed E-state index contributed by atoms with van der Waals surface area (Å²) >= 11 is 0. The fourth-order valence-electron chi connectivity index (χ4n) is 3.97. The molecule has 2 N–H and O–H groups in total. The maximum absolute atomic E-state index is 5.63.